The molecule has 0 aliphatic carbocycles. The summed E-state index contributed by atoms with van der Waals surface area (Å²) in [7, 11) is 1.58. The van der Waals surface area contributed by atoms with Crippen molar-refractivity contribution < 1.29 is 9.84 Å². The Labute approximate surface area is 67.5 Å². The molecule has 11 heavy (non-hydrogen) atoms. The summed E-state index contributed by atoms with van der Waals surface area (Å²) in [6, 6.07) is 0. The second kappa shape index (κ2) is 5.74. The van der Waals surface area contributed by atoms with Crippen LogP contribution in [0.3, 0.4) is 0 Å². The van der Waals surface area contributed by atoms with Crippen LogP contribution in [0.2, 0.25) is 0 Å². The fourth-order valence-corrected chi connectivity index (χ4v) is 0.617. The van der Waals surface area contributed by atoms with Gasteiger partial charge in [-0.25, -0.2) is 0 Å². The number of methoxy groups -OCH3 is 1. The van der Waals surface area contributed by atoms with Crippen LogP contribution in [0.15, 0.2) is 36.6 Å². The Hall–Kier alpha value is -1.02. The third kappa shape index (κ3) is 4.39. The Morgan fingerprint density at radius 3 is 2.64 bits per heavy atom. The molecule has 2 heteroatoms. The Morgan fingerprint density at radius 2 is 2.27 bits per heavy atom. The monoisotopic (exact) mass is 154 g/mol. The summed E-state index contributed by atoms with van der Waals surface area (Å²) in [6.45, 7) is 7.13. The summed E-state index contributed by atoms with van der Waals surface area (Å²) in [5.41, 5.74) is 0.642. The van der Waals surface area contributed by atoms with Crippen LogP contribution in [0.5, 0.6) is 0 Å². The van der Waals surface area contributed by atoms with Crippen molar-refractivity contribution in [2.45, 2.75) is 6.42 Å². The van der Waals surface area contributed by atoms with Crippen LogP contribution in [0.1, 0.15) is 6.42 Å². The number of aliphatic hydroxyl groups is 1. The molecule has 0 bridgehead atoms. The van der Waals surface area contributed by atoms with Crippen molar-refractivity contribution in [2.24, 2.45) is 0 Å². The molecule has 0 heterocycles. The minimum absolute atomic E-state index is 0.0377. The Bertz CT molecular complexity index is 168. The molecular weight excluding hydrogens is 140 g/mol. The molecule has 0 saturated carbocycles. The third-order valence-electron chi connectivity index (χ3n) is 1.18. The van der Waals surface area contributed by atoms with Crippen molar-refractivity contribution in [1.82, 2.24) is 0 Å². The van der Waals surface area contributed by atoms with Gasteiger partial charge in [-0.05, 0) is 11.6 Å². The highest BCUT2D eigenvalue weighted by molar-refractivity contribution is 5.18. The zero-order valence-electron chi connectivity index (χ0n) is 6.84. The number of rotatable bonds is 5. The van der Waals surface area contributed by atoms with E-state index in [2.05, 4.69) is 13.2 Å². The van der Waals surface area contributed by atoms with Gasteiger partial charge in [-0.1, -0.05) is 12.7 Å². The fraction of sp³-hybridized carbons (Fsp3) is 0.333. The molecule has 0 unspecified atom stereocenters. The molecule has 0 aromatic heterocycles. The molecule has 62 valence electrons. The minimum Gasteiger partial charge on any atom is -0.501 e. The number of hydrogen-bond acceptors (Lipinski definition) is 2. The van der Waals surface area contributed by atoms with E-state index in [1.807, 2.05) is 0 Å². The molecular formula is C9H14O2. The number of hydrogen-bond donors (Lipinski definition) is 1. The van der Waals surface area contributed by atoms with E-state index < -0.39 is 0 Å². The largest absolute Gasteiger partial charge is 0.501 e. The third-order valence-corrected chi connectivity index (χ3v) is 1.18. The molecule has 0 aromatic carbocycles. The van der Waals surface area contributed by atoms with E-state index in [9.17, 15) is 0 Å². The maximum atomic E-state index is 8.62. The summed E-state index contributed by atoms with van der Waals surface area (Å²) < 4.78 is 4.98. The molecule has 0 aromatic rings. The molecule has 0 atom stereocenters. The zero-order chi connectivity index (χ0) is 8.69. The van der Waals surface area contributed by atoms with Gasteiger partial charge in [0.15, 0.2) is 0 Å². The summed E-state index contributed by atoms with van der Waals surface area (Å²) >= 11 is 0. The van der Waals surface area contributed by atoms with Gasteiger partial charge < -0.3 is 9.84 Å². The van der Waals surface area contributed by atoms with Crippen LogP contribution in [0, 0.1) is 0 Å². The molecule has 0 spiro atoms. The standard InChI is InChI=1S/C9H14O2/c1-4-5-9(11-3)6-8(2)7-10/h4,6,10H,1-2,5,7H2,3H3/b9-6+. The maximum Gasteiger partial charge on any atom is 0.0996 e. The van der Waals surface area contributed by atoms with Crippen LogP contribution in [-0.4, -0.2) is 18.8 Å². The van der Waals surface area contributed by atoms with E-state index in [4.69, 9.17) is 9.84 Å². The average Bonchev–Trinajstić information content (AvgIpc) is 2.03. The van der Waals surface area contributed by atoms with Crippen molar-refractivity contribution in [1.29, 1.82) is 0 Å². The van der Waals surface area contributed by atoms with Crippen molar-refractivity contribution in [3.8, 4) is 0 Å². The van der Waals surface area contributed by atoms with Gasteiger partial charge >= 0.3 is 0 Å². The lowest BCUT2D eigenvalue weighted by molar-refractivity contribution is 0.282. The van der Waals surface area contributed by atoms with Crippen LogP contribution in [0.4, 0.5) is 0 Å². The molecule has 0 saturated heterocycles. The first-order valence-corrected chi connectivity index (χ1v) is 3.38. The number of ether oxygens (including phenoxy) is 1. The van der Waals surface area contributed by atoms with E-state index >= 15 is 0 Å². The van der Waals surface area contributed by atoms with Gasteiger partial charge in [0.2, 0.25) is 0 Å². The van der Waals surface area contributed by atoms with Gasteiger partial charge in [-0.15, -0.1) is 6.58 Å². The minimum atomic E-state index is -0.0377. The molecule has 0 radical (unpaired) electrons. The van der Waals surface area contributed by atoms with Crippen LogP contribution in [-0.2, 0) is 4.74 Å². The quantitative estimate of drug-likeness (QED) is 0.370. The van der Waals surface area contributed by atoms with Crippen molar-refractivity contribution in [2.75, 3.05) is 13.7 Å². The van der Waals surface area contributed by atoms with Crippen molar-refractivity contribution in [3.05, 3.63) is 36.6 Å². The van der Waals surface area contributed by atoms with Gasteiger partial charge in [-0.3, -0.25) is 0 Å². The lowest BCUT2D eigenvalue weighted by Gasteiger charge is -2.02. The molecule has 0 aliphatic heterocycles. The van der Waals surface area contributed by atoms with E-state index in [0.717, 1.165) is 5.76 Å². The predicted octanol–water partition coefficient (Wildman–Crippen LogP) is 1.64. The van der Waals surface area contributed by atoms with E-state index in [1.54, 1.807) is 19.3 Å². The lowest BCUT2D eigenvalue weighted by atomic mass is 10.2. The molecule has 0 aliphatic rings. The first-order valence-electron chi connectivity index (χ1n) is 3.38. The second-order valence-corrected chi connectivity index (χ2v) is 2.12. The Balaban J connectivity index is 4.09. The SMILES string of the molecule is C=CC/C(=C\C(=C)CO)OC. The zero-order valence-corrected chi connectivity index (χ0v) is 6.84. The van der Waals surface area contributed by atoms with Crippen molar-refractivity contribution >= 4 is 0 Å². The van der Waals surface area contributed by atoms with E-state index in [-0.39, 0.29) is 6.61 Å². The second-order valence-electron chi connectivity index (χ2n) is 2.12. The molecule has 1 N–H and O–H groups in total. The molecule has 2 nitrogen and oxygen atoms in total. The van der Waals surface area contributed by atoms with Gasteiger partial charge in [0, 0.05) is 6.42 Å². The summed E-state index contributed by atoms with van der Waals surface area (Å²) in [4.78, 5) is 0. The van der Waals surface area contributed by atoms with Gasteiger partial charge in [-0.2, -0.15) is 0 Å². The Kier molecular flexibility index (Phi) is 5.21. The topological polar surface area (TPSA) is 29.5 Å². The Morgan fingerprint density at radius 1 is 1.64 bits per heavy atom. The summed E-state index contributed by atoms with van der Waals surface area (Å²) in [6.07, 6.45) is 4.11. The molecule has 0 amide bonds. The number of allylic oxidation sites excluding steroid dienone is 1. The van der Waals surface area contributed by atoms with Gasteiger partial charge in [0.1, 0.15) is 0 Å². The first-order chi connectivity index (χ1) is 5.24. The van der Waals surface area contributed by atoms with Crippen LogP contribution < -0.4 is 0 Å². The van der Waals surface area contributed by atoms with Crippen LogP contribution >= 0.6 is 0 Å². The predicted molar refractivity (Wildman–Crippen MR) is 46.1 cm³/mol. The number of aliphatic hydroxyl groups excluding tert-OH is 1. The van der Waals surface area contributed by atoms with E-state index in [1.165, 1.54) is 0 Å². The molecule has 0 fully saturated rings. The average molecular weight is 154 g/mol. The normalized spacial score (nSPS) is 10.9. The van der Waals surface area contributed by atoms with E-state index in [0.29, 0.717) is 12.0 Å². The highest BCUT2D eigenvalue weighted by Gasteiger charge is 1.93. The van der Waals surface area contributed by atoms with Gasteiger partial charge in [0.25, 0.3) is 0 Å². The van der Waals surface area contributed by atoms with Gasteiger partial charge in [0.05, 0.1) is 19.5 Å². The maximum absolute atomic E-state index is 8.62. The fourth-order valence-electron chi connectivity index (χ4n) is 0.617. The van der Waals surface area contributed by atoms with Crippen LogP contribution in [0.25, 0.3) is 0 Å². The summed E-state index contributed by atoms with van der Waals surface area (Å²) in [5.74, 6) is 0.763. The first kappa shape index (κ1) is 9.98. The lowest BCUT2D eigenvalue weighted by Crippen LogP contribution is -1.89. The highest BCUT2D eigenvalue weighted by atomic mass is 16.5. The summed E-state index contributed by atoms with van der Waals surface area (Å²) in [5, 5.41) is 8.62. The highest BCUT2D eigenvalue weighted by Crippen LogP contribution is 2.05. The van der Waals surface area contributed by atoms with Crippen molar-refractivity contribution in [3.63, 3.8) is 0 Å². The smallest absolute Gasteiger partial charge is 0.0996 e. The molecule has 0 rings (SSSR count).